The van der Waals surface area contributed by atoms with Gasteiger partial charge in [0.1, 0.15) is 0 Å². The number of hydrogen-bond donors (Lipinski definition) is 0. The largest absolute Gasteiger partial charge is 0.377 e. The van der Waals surface area contributed by atoms with Crippen molar-refractivity contribution in [2.75, 3.05) is 0 Å². The second-order valence-electron chi connectivity index (χ2n) is 5.88. The normalized spacial score (nSPS) is 11.1. The standard InChI is InChI=1S/C18H18O5/c1-18(2,3)22-23-21-17(20)15-12-8-7-11-14(15)16(19)13-9-5-4-6-10-13/h4-12H,1-3H3. The van der Waals surface area contributed by atoms with Crippen LogP contribution in [0, 0.1) is 0 Å². The molecule has 23 heavy (non-hydrogen) atoms. The van der Waals surface area contributed by atoms with E-state index in [9.17, 15) is 9.59 Å². The number of benzene rings is 2. The molecule has 0 radical (unpaired) electrons. The van der Waals surface area contributed by atoms with E-state index < -0.39 is 11.6 Å². The molecule has 0 amide bonds. The van der Waals surface area contributed by atoms with Crippen LogP contribution in [-0.4, -0.2) is 17.4 Å². The van der Waals surface area contributed by atoms with Gasteiger partial charge in [0.25, 0.3) is 0 Å². The SMILES string of the molecule is CC(C)(C)OOOC(=O)c1ccccc1C(=O)c1ccccc1. The summed E-state index contributed by atoms with van der Waals surface area (Å²) >= 11 is 0. The molecule has 0 aliphatic carbocycles. The third-order valence-corrected chi connectivity index (χ3v) is 2.82. The molecule has 0 spiro atoms. The monoisotopic (exact) mass is 314 g/mol. The maximum Gasteiger partial charge on any atom is 0.377 e. The van der Waals surface area contributed by atoms with Crippen molar-refractivity contribution in [1.82, 2.24) is 0 Å². The quantitative estimate of drug-likeness (QED) is 0.478. The number of hydrogen-bond acceptors (Lipinski definition) is 5. The second-order valence-corrected chi connectivity index (χ2v) is 5.88. The van der Waals surface area contributed by atoms with E-state index in [1.54, 1.807) is 63.2 Å². The fourth-order valence-electron chi connectivity index (χ4n) is 1.80. The average Bonchev–Trinajstić information content (AvgIpc) is 2.53. The molecule has 0 aliphatic heterocycles. The van der Waals surface area contributed by atoms with E-state index in [0.29, 0.717) is 5.56 Å². The molecule has 0 bridgehead atoms. The zero-order valence-corrected chi connectivity index (χ0v) is 13.2. The van der Waals surface area contributed by atoms with Gasteiger partial charge in [-0.15, -0.1) is 0 Å². The van der Waals surface area contributed by atoms with Gasteiger partial charge in [0.15, 0.2) is 5.78 Å². The van der Waals surface area contributed by atoms with Crippen LogP contribution in [0.4, 0.5) is 0 Å². The number of ketones is 1. The summed E-state index contributed by atoms with van der Waals surface area (Å²) < 4.78 is 0. The maximum absolute atomic E-state index is 12.5. The molecule has 2 aromatic rings. The van der Waals surface area contributed by atoms with Gasteiger partial charge < -0.3 is 0 Å². The van der Waals surface area contributed by atoms with Gasteiger partial charge in [0.2, 0.25) is 0 Å². The van der Waals surface area contributed by atoms with Gasteiger partial charge in [0.05, 0.1) is 11.2 Å². The Hall–Kier alpha value is -2.50. The predicted octanol–water partition coefficient (Wildman–Crippen LogP) is 3.74. The minimum absolute atomic E-state index is 0.110. The molecule has 2 aromatic carbocycles. The summed E-state index contributed by atoms with van der Waals surface area (Å²) in [6.07, 6.45) is 0. The summed E-state index contributed by atoms with van der Waals surface area (Å²) in [6, 6.07) is 15.1. The molecule has 0 fully saturated rings. The molecule has 0 aliphatic rings. The zero-order chi connectivity index (χ0) is 16.9. The van der Waals surface area contributed by atoms with Crippen LogP contribution in [-0.2, 0) is 14.8 Å². The van der Waals surface area contributed by atoms with Gasteiger partial charge in [0, 0.05) is 11.1 Å². The topological polar surface area (TPSA) is 61.8 Å². The van der Waals surface area contributed by atoms with Crippen LogP contribution in [0.5, 0.6) is 0 Å². The summed E-state index contributed by atoms with van der Waals surface area (Å²) in [5, 5.41) is 4.49. The molecule has 5 heteroatoms. The van der Waals surface area contributed by atoms with E-state index in [4.69, 9.17) is 4.89 Å². The Morgan fingerprint density at radius 2 is 1.39 bits per heavy atom. The Kier molecular flexibility index (Phi) is 5.26. The molecular weight excluding hydrogens is 296 g/mol. The Balaban J connectivity index is 2.17. The van der Waals surface area contributed by atoms with Gasteiger partial charge in [-0.3, -0.25) is 9.68 Å². The molecule has 0 saturated carbocycles. The Morgan fingerprint density at radius 3 is 2.00 bits per heavy atom. The summed E-state index contributed by atoms with van der Waals surface area (Å²) in [5.41, 5.74) is 0.209. The third-order valence-electron chi connectivity index (χ3n) is 2.82. The zero-order valence-electron chi connectivity index (χ0n) is 13.2. The van der Waals surface area contributed by atoms with Gasteiger partial charge >= 0.3 is 5.97 Å². The van der Waals surface area contributed by atoms with Gasteiger partial charge in [-0.2, -0.15) is 4.89 Å². The van der Waals surface area contributed by atoms with Gasteiger partial charge in [-0.05, 0) is 31.9 Å². The van der Waals surface area contributed by atoms with Crippen LogP contribution < -0.4 is 0 Å². The smallest absolute Gasteiger partial charge is 0.289 e. The maximum atomic E-state index is 12.5. The second kappa shape index (κ2) is 7.17. The highest BCUT2D eigenvalue weighted by atomic mass is 17.5. The van der Waals surface area contributed by atoms with Crippen molar-refractivity contribution in [2.45, 2.75) is 26.4 Å². The molecule has 0 saturated heterocycles. The molecule has 0 N–H and O–H groups in total. The number of carbonyl (C=O) groups excluding carboxylic acids is 2. The third kappa shape index (κ3) is 4.74. The lowest BCUT2D eigenvalue weighted by Crippen LogP contribution is -2.21. The van der Waals surface area contributed by atoms with Crippen LogP contribution in [0.15, 0.2) is 54.6 Å². The molecular formula is C18H18O5. The molecule has 120 valence electrons. The first kappa shape index (κ1) is 16.9. The highest BCUT2D eigenvalue weighted by molar-refractivity contribution is 6.14. The van der Waals surface area contributed by atoms with E-state index >= 15 is 0 Å². The Bertz CT molecular complexity index is 686. The van der Waals surface area contributed by atoms with E-state index in [1.165, 1.54) is 6.07 Å². The van der Waals surface area contributed by atoms with Crippen molar-refractivity contribution in [3.05, 3.63) is 71.3 Å². The van der Waals surface area contributed by atoms with E-state index in [2.05, 4.69) is 9.93 Å². The fourth-order valence-corrected chi connectivity index (χ4v) is 1.80. The summed E-state index contributed by atoms with van der Waals surface area (Å²) in [4.78, 5) is 34.1. The lowest BCUT2D eigenvalue weighted by molar-refractivity contribution is -0.510. The van der Waals surface area contributed by atoms with Gasteiger partial charge in [-0.25, -0.2) is 4.79 Å². The summed E-state index contributed by atoms with van der Waals surface area (Å²) in [6.45, 7) is 5.23. The number of carbonyl (C=O) groups is 2. The number of rotatable bonds is 5. The Labute approximate surface area is 134 Å². The van der Waals surface area contributed by atoms with Crippen LogP contribution in [0.2, 0.25) is 0 Å². The summed E-state index contributed by atoms with van der Waals surface area (Å²) in [5.74, 6) is -1.07. The van der Waals surface area contributed by atoms with E-state index in [0.717, 1.165) is 0 Å². The van der Waals surface area contributed by atoms with Crippen LogP contribution >= 0.6 is 0 Å². The Morgan fingerprint density at radius 1 is 0.826 bits per heavy atom. The molecule has 0 atom stereocenters. The van der Waals surface area contributed by atoms with Crippen molar-refractivity contribution < 1.29 is 24.4 Å². The molecule has 0 aromatic heterocycles. The average molecular weight is 314 g/mol. The van der Waals surface area contributed by atoms with Crippen molar-refractivity contribution in [2.24, 2.45) is 0 Å². The fraction of sp³-hybridized carbons (Fsp3) is 0.222. The van der Waals surface area contributed by atoms with Crippen molar-refractivity contribution in [3.63, 3.8) is 0 Å². The van der Waals surface area contributed by atoms with Crippen LogP contribution in [0.1, 0.15) is 47.1 Å². The van der Waals surface area contributed by atoms with E-state index in [-0.39, 0.29) is 16.9 Å². The minimum Gasteiger partial charge on any atom is -0.289 e. The van der Waals surface area contributed by atoms with Crippen LogP contribution in [0.25, 0.3) is 0 Å². The highest BCUT2D eigenvalue weighted by Gasteiger charge is 2.21. The lowest BCUT2D eigenvalue weighted by Gasteiger charge is -2.15. The van der Waals surface area contributed by atoms with Crippen molar-refractivity contribution in [3.8, 4) is 0 Å². The van der Waals surface area contributed by atoms with E-state index in [1.807, 2.05) is 6.07 Å². The minimum atomic E-state index is -0.797. The first-order valence-corrected chi connectivity index (χ1v) is 7.14. The van der Waals surface area contributed by atoms with Crippen LogP contribution in [0.3, 0.4) is 0 Å². The molecule has 0 unspecified atom stereocenters. The molecule has 2 rings (SSSR count). The predicted molar refractivity (Wildman–Crippen MR) is 83.7 cm³/mol. The first-order chi connectivity index (χ1) is 10.9. The molecule has 5 nitrogen and oxygen atoms in total. The molecule has 0 heterocycles. The lowest BCUT2D eigenvalue weighted by atomic mass is 9.98. The summed E-state index contributed by atoms with van der Waals surface area (Å²) in [7, 11) is 0. The highest BCUT2D eigenvalue weighted by Crippen LogP contribution is 2.16. The first-order valence-electron chi connectivity index (χ1n) is 7.14. The van der Waals surface area contributed by atoms with Crippen molar-refractivity contribution in [1.29, 1.82) is 0 Å². The van der Waals surface area contributed by atoms with Gasteiger partial charge in [-0.1, -0.05) is 48.5 Å². The van der Waals surface area contributed by atoms with Crippen molar-refractivity contribution >= 4 is 11.8 Å².